The summed E-state index contributed by atoms with van der Waals surface area (Å²) in [6, 6.07) is 13.7. The van der Waals surface area contributed by atoms with Gasteiger partial charge in [0.1, 0.15) is 0 Å². The molecule has 0 aliphatic carbocycles. The third-order valence-electron chi connectivity index (χ3n) is 4.85. The molecule has 23 heavy (non-hydrogen) atoms. The van der Waals surface area contributed by atoms with Crippen LogP contribution in [0, 0.1) is 5.92 Å². The van der Waals surface area contributed by atoms with Gasteiger partial charge in [-0.3, -0.25) is 9.59 Å². The number of amides is 1. The molecule has 4 nitrogen and oxygen atoms in total. The van der Waals surface area contributed by atoms with Crippen LogP contribution in [0.3, 0.4) is 0 Å². The zero-order chi connectivity index (χ0) is 16.4. The van der Waals surface area contributed by atoms with Crippen LogP contribution < -0.4 is 0 Å². The Labute approximate surface area is 135 Å². The molecule has 2 atom stereocenters. The number of benzene rings is 2. The predicted octanol–water partition coefficient (Wildman–Crippen LogP) is 3.09. The molecule has 1 heterocycles. The maximum Gasteiger partial charge on any atom is 0.308 e. The van der Waals surface area contributed by atoms with Gasteiger partial charge in [0.05, 0.1) is 12.3 Å². The maximum absolute atomic E-state index is 12.7. The monoisotopic (exact) mass is 311 g/mol. The zero-order valence-electron chi connectivity index (χ0n) is 13.2. The fourth-order valence-corrected chi connectivity index (χ4v) is 3.54. The van der Waals surface area contributed by atoms with Crippen molar-refractivity contribution in [2.45, 2.75) is 32.2 Å². The molecule has 0 saturated carbocycles. The van der Waals surface area contributed by atoms with E-state index in [0.717, 1.165) is 22.8 Å². The van der Waals surface area contributed by atoms with Gasteiger partial charge in [-0.05, 0) is 36.1 Å². The highest BCUT2D eigenvalue weighted by Crippen LogP contribution is 2.26. The third kappa shape index (κ3) is 3.07. The van der Waals surface area contributed by atoms with E-state index in [-0.39, 0.29) is 11.9 Å². The van der Waals surface area contributed by atoms with Gasteiger partial charge in [-0.2, -0.15) is 0 Å². The highest BCUT2D eigenvalue weighted by atomic mass is 16.4. The Balaban J connectivity index is 1.82. The van der Waals surface area contributed by atoms with Gasteiger partial charge < -0.3 is 10.0 Å². The summed E-state index contributed by atoms with van der Waals surface area (Å²) in [6.45, 7) is 2.49. The molecule has 3 rings (SSSR count). The van der Waals surface area contributed by atoms with Crippen LogP contribution in [0.5, 0.6) is 0 Å². The molecule has 1 aliphatic rings. The fourth-order valence-electron chi connectivity index (χ4n) is 3.54. The van der Waals surface area contributed by atoms with Gasteiger partial charge in [0.2, 0.25) is 5.91 Å². The fraction of sp³-hybridized carbons (Fsp3) is 0.368. The number of fused-ring (bicyclic) bond motifs is 1. The zero-order valence-corrected chi connectivity index (χ0v) is 13.2. The van der Waals surface area contributed by atoms with Crippen LogP contribution in [-0.4, -0.2) is 34.5 Å². The van der Waals surface area contributed by atoms with Gasteiger partial charge in [0.25, 0.3) is 0 Å². The molecule has 0 aromatic heterocycles. The minimum Gasteiger partial charge on any atom is -0.481 e. The first-order valence-electron chi connectivity index (χ1n) is 8.07. The van der Waals surface area contributed by atoms with Crippen LogP contribution in [0.2, 0.25) is 0 Å². The topological polar surface area (TPSA) is 57.6 Å². The Morgan fingerprint density at radius 2 is 1.91 bits per heavy atom. The Kier molecular flexibility index (Phi) is 4.33. The molecule has 0 radical (unpaired) electrons. The second-order valence-corrected chi connectivity index (χ2v) is 6.23. The first kappa shape index (κ1) is 15.5. The third-order valence-corrected chi connectivity index (χ3v) is 4.85. The van der Waals surface area contributed by atoms with Gasteiger partial charge in [-0.25, -0.2) is 0 Å². The Morgan fingerprint density at radius 1 is 1.17 bits per heavy atom. The van der Waals surface area contributed by atoms with Crippen molar-refractivity contribution in [1.82, 2.24) is 4.90 Å². The standard InChI is InChI=1S/C19H21NO3/c1-13-16(19(22)23)10-5-11-20(13)18(21)12-15-8-4-7-14-6-2-3-9-17(14)15/h2-4,6-9,13,16H,5,10-12H2,1H3,(H,22,23)/t13-,16-/m1/s1. The molecule has 120 valence electrons. The van der Waals surface area contributed by atoms with Gasteiger partial charge in [0.15, 0.2) is 0 Å². The van der Waals surface area contributed by atoms with Crippen LogP contribution >= 0.6 is 0 Å². The molecule has 4 heteroatoms. The Bertz CT molecular complexity index is 735. The average Bonchev–Trinajstić information content (AvgIpc) is 2.55. The van der Waals surface area contributed by atoms with E-state index in [0.29, 0.717) is 19.4 Å². The molecular weight excluding hydrogens is 290 g/mol. The number of aliphatic carboxylic acids is 1. The summed E-state index contributed by atoms with van der Waals surface area (Å²) in [5.74, 6) is -1.25. The molecule has 1 fully saturated rings. The van der Waals surface area contributed by atoms with Gasteiger partial charge >= 0.3 is 5.97 Å². The summed E-state index contributed by atoms with van der Waals surface area (Å²) in [4.78, 5) is 25.8. The highest BCUT2D eigenvalue weighted by Gasteiger charge is 2.35. The molecule has 0 spiro atoms. The van der Waals surface area contributed by atoms with Crippen molar-refractivity contribution >= 4 is 22.6 Å². The number of carbonyl (C=O) groups excluding carboxylic acids is 1. The lowest BCUT2D eigenvalue weighted by molar-refractivity contribution is -0.148. The van der Waals surface area contributed by atoms with Gasteiger partial charge in [-0.15, -0.1) is 0 Å². The highest BCUT2D eigenvalue weighted by molar-refractivity contribution is 5.90. The summed E-state index contributed by atoms with van der Waals surface area (Å²) in [5.41, 5.74) is 0.998. The number of carbonyl (C=O) groups is 2. The van der Waals surface area contributed by atoms with Crippen molar-refractivity contribution in [1.29, 1.82) is 0 Å². The number of carboxylic acid groups (broad SMARTS) is 1. The predicted molar refractivity (Wildman–Crippen MR) is 89.2 cm³/mol. The maximum atomic E-state index is 12.7. The lowest BCUT2D eigenvalue weighted by atomic mass is 9.89. The minimum absolute atomic E-state index is 0.0137. The van der Waals surface area contributed by atoms with E-state index in [4.69, 9.17) is 0 Å². The number of piperidine rings is 1. The van der Waals surface area contributed by atoms with Gasteiger partial charge in [-0.1, -0.05) is 42.5 Å². The SMILES string of the molecule is C[C@@H]1[C@H](C(=O)O)CCCN1C(=O)Cc1cccc2ccccc12. The van der Waals surface area contributed by atoms with E-state index in [2.05, 4.69) is 0 Å². The molecule has 1 saturated heterocycles. The summed E-state index contributed by atoms with van der Waals surface area (Å²) in [6.07, 6.45) is 1.72. The largest absolute Gasteiger partial charge is 0.481 e. The molecule has 1 amide bonds. The lowest BCUT2D eigenvalue weighted by Crippen LogP contribution is -2.49. The quantitative estimate of drug-likeness (QED) is 0.947. The first-order valence-corrected chi connectivity index (χ1v) is 8.07. The Morgan fingerprint density at radius 3 is 2.70 bits per heavy atom. The van der Waals surface area contributed by atoms with Crippen LogP contribution in [0.25, 0.3) is 10.8 Å². The average molecular weight is 311 g/mol. The van der Waals surface area contributed by atoms with Crippen molar-refractivity contribution in [3.8, 4) is 0 Å². The van der Waals surface area contributed by atoms with Crippen molar-refractivity contribution in [3.63, 3.8) is 0 Å². The number of hydrogen-bond donors (Lipinski definition) is 1. The van der Waals surface area contributed by atoms with E-state index in [1.165, 1.54) is 0 Å². The van der Waals surface area contributed by atoms with Crippen LogP contribution in [0.15, 0.2) is 42.5 Å². The van der Waals surface area contributed by atoms with Gasteiger partial charge in [0, 0.05) is 12.6 Å². The van der Waals surface area contributed by atoms with E-state index in [1.54, 1.807) is 4.90 Å². The molecule has 1 aliphatic heterocycles. The summed E-state index contributed by atoms with van der Waals surface area (Å²) in [7, 11) is 0. The normalized spacial score (nSPS) is 21.3. The minimum atomic E-state index is -0.805. The molecule has 2 aromatic carbocycles. The van der Waals surface area contributed by atoms with Crippen LogP contribution in [-0.2, 0) is 16.0 Å². The van der Waals surface area contributed by atoms with Crippen molar-refractivity contribution in [3.05, 3.63) is 48.0 Å². The summed E-state index contributed by atoms with van der Waals surface area (Å²) in [5, 5.41) is 11.5. The number of likely N-dealkylation sites (tertiary alicyclic amines) is 1. The number of carboxylic acids is 1. The van der Waals surface area contributed by atoms with Crippen molar-refractivity contribution in [2.75, 3.05) is 6.54 Å². The molecular formula is C19H21NO3. The van der Waals surface area contributed by atoms with E-state index in [9.17, 15) is 14.7 Å². The summed E-state index contributed by atoms with van der Waals surface area (Å²) >= 11 is 0. The molecule has 1 N–H and O–H groups in total. The number of hydrogen-bond acceptors (Lipinski definition) is 2. The van der Waals surface area contributed by atoms with Crippen molar-refractivity contribution in [2.24, 2.45) is 5.92 Å². The number of nitrogens with zero attached hydrogens (tertiary/aromatic N) is 1. The number of rotatable bonds is 3. The Hall–Kier alpha value is -2.36. The molecule has 2 aromatic rings. The smallest absolute Gasteiger partial charge is 0.308 e. The van der Waals surface area contributed by atoms with E-state index in [1.807, 2.05) is 49.4 Å². The van der Waals surface area contributed by atoms with Crippen LogP contribution in [0.4, 0.5) is 0 Å². The second kappa shape index (κ2) is 6.41. The summed E-state index contributed by atoms with van der Waals surface area (Å²) < 4.78 is 0. The first-order chi connectivity index (χ1) is 11.1. The van der Waals surface area contributed by atoms with Crippen LogP contribution in [0.1, 0.15) is 25.3 Å². The van der Waals surface area contributed by atoms with Crippen molar-refractivity contribution < 1.29 is 14.7 Å². The second-order valence-electron chi connectivity index (χ2n) is 6.23. The van der Waals surface area contributed by atoms with E-state index < -0.39 is 11.9 Å². The molecule has 0 unspecified atom stereocenters. The van der Waals surface area contributed by atoms with E-state index >= 15 is 0 Å². The molecule has 0 bridgehead atoms. The lowest BCUT2D eigenvalue weighted by Gasteiger charge is -2.37.